The van der Waals surface area contributed by atoms with Crippen molar-refractivity contribution in [2.45, 2.75) is 26.9 Å². The molecule has 0 aliphatic rings. The fourth-order valence-corrected chi connectivity index (χ4v) is 1.20. The second-order valence-electron chi connectivity index (χ2n) is 3.77. The normalized spacial score (nSPS) is 10.6. The number of rotatable bonds is 7. The summed E-state index contributed by atoms with van der Waals surface area (Å²) in [4.78, 5) is 7.83. The largest absolute Gasteiger partial charge is 0.377 e. The average Bonchev–Trinajstić information content (AvgIpc) is 2.28. The lowest BCUT2D eigenvalue weighted by Crippen LogP contribution is -2.15. The van der Waals surface area contributed by atoms with Crippen molar-refractivity contribution in [2.75, 3.05) is 30.3 Å². The molecule has 6 heteroatoms. The highest BCUT2D eigenvalue weighted by Crippen LogP contribution is 2.11. The lowest BCUT2D eigenvalue weighted by Gasteiger charge is -2.10. The summed E-state index contributed by atoms with van der Waals surface area (Å²) in [6.45, 7) is 7.55. The van der Waals surface area contributed by atoms with E-state index < -0.39 is 5.82 Å². The molecule has 1 aromatic heterocycles. The summed E-state index contributed by atoms with van der Waals surface area (Å²) in [7, 11) is 0. The van der Waals surface area contributed by atoms with E-state index in [1.54, 1.807) is 0 Å². The summed E-state index contributed by atoms with van der Waals surface area (Å²) in [5.74, 6) is 0.153. The molecule has 0 radical (unpaired) electrons. The van der Waals surface area contributed by atoms with E-state index in [-0.39, 0.29) is 11.9 Å². The molecule has 0 aromatic carbocycles. The first-order valence-corrected chi connectivity index (χ1v) is 5.75. The summed E-state index contributed by atoms with van der Waals surface area (Å²) < 4.78 is 18.7. The van der Waals surface area contributed by atoms with Crippen LogP contribution in [0.25, 0.3) is 0 Å². The third-order valence-electron chi connectivity index (χ3n) is 1.92. The van der Waals surface area contributed by atoms with Gasteiger partial charge in [-0.1, -0.05) is 0 Å². The molecule has 0 amide bonds. The van der Waals surface area contributed by atoms with Crippen molar-refractivity contribution < 1.29 is 9.13 Å². The molecule has 0 saturated carbocycles. The predicted molar refractivity (Wildman–Crippen MR) is 65.7 cm³/mol. The molecule has 0 aliphatic heterocycles. The van der Waals surface area contributed by atoms with Crippen LogP contribution in [0.2, 0.25) is 0 Å². The fraction of sp³-hybridized carbons (Fsp3) is 0.636. The van der Waals surface area contributed by atoms with Gasteiger partial charge in [-0.25, -0.2) is 9.37 Å². The van der Waals surface area contributed by atoms with Crippen molar-refractivity contribution in [1.82, 2.24) is 9.97 Å². The summed E-state index contributed by atoms with van der Waals surface area (Å²) in [5, 5.41) is 5.80. The highest BCUT2D eigenvalue weighted by Gasteiger charge is 2.05. The van der Waals surface area contributed by atoms with Gasteiger partial charge in [0.2, 0.25) is 5.95 Å². The Labute approximate surface area is 101 Å². The number of nitrogens with zero attached hydrogens (tertiary/aromatic N) is 2. The molecule has 0 atom stereocenters. The monoisotopic (exact) mass is 242 g/mol. The Morgan fingerprint density at radius 3 is 2.82 bits per heavy atom. The van der Waals surface area contributed by atoms with Gasteiger partial charge in [-0.2, -0.15) is 4.98 Å². The maximum atomic E-state index is 13.3. The number of halogens is 1. The molecule has 0 unspecified atom stereocenters. The molecule has 0 aliphatic carbocycles. The number of aromatic nitrogens is 2. The summed E-state index contributed by atoms with van der Waals surface area (Å²) in [6, 6.07) is 0. The van der Waals surface area contributed by atoms with Gasteiger partial charge in [0.15, 0.2) is 11.6 Å². The number of ether oxygens (including phenoxy) is 1. The zero-order valence-corrected chi connectivity index (χ0v) is 10.5. The third kappa shape index (κ3) is 4.95. The van der Waals surface area contributed by atoms with E-state index in [1.807, 2.05) is 20.8 Å². The van der Waals surface area contributed by atoms with Gasteiger partial charge in [-0.15, -0.1) is 0 Å². The minimum atomic E-state index is -0.462. The highest BCUT2D eigenvalue weighted by atomic mass is 19.1. The van der Waals surface area contributed by atoms with Crippen molar-refractivity contribution in [1.29, 1.82) is 0 Å². The van der Waals surface area contributed by atoms with E-state index in [0.29, 0.717) is 25.6 Å². The van der Waals surface area contributed by atoms with Crippen molar-refractivity contribution in [3.8, 4) is 0 Å². The molecule has 5 nitrogen and oxygen atoms in total. The molecule has 0 bridgehead atoms. The van der Waals surface area contributed by atoms with Crippen molar-refractivity contribution in [3.63, 3.8) is 0 Å². The minimum absolute atomic E-state index is 0.171. The first kappa shape index (κ1) is 13.6. The summed E-state index contributed by atoms with van der Waals surface area (Å²) in [6.07, 6.45) is 1.32. The molecule has 2 N–H and O–H groups in total. The third-order valence-corrected chi connectivity index (χ3v) is 1.92. The van der Waals surface area contributed by atoms with E-state index in [1.165, 1.54) is 0 Å². The van der Waals surface area contributed by atoms with E-state index in [2.05, 4.69) is 20.6 Å². The Balaban J connectivity index is 2.48. The van der Waals surface area contributed by atoms with Crippen LogP contribution in [0.15, 0.2) is 6.20 Å². The quantitative estimate of drug-likeness (QED) is 0.715. The van der Waals surface area contributed by atoms with E-state index in [0.717, 1.165) is 6.20 Å². The van der Waals surface area contributed by atoms with Crippen LogP contribution < -0.4 is 10.6 Å². The van der Waals surface area contributed by atoms with Gasteiger partial charge in [0.1, 0.15) is 0 Å². The summed E-state index contributed by atoms with van der Waals surface area (Å²) in [5.41, 5.74) is 0. The number of anilines is 2. The van der Waals surface area contributed by atoms with Gasteiger partial charge in [0.05, 0.1) is 18.9 Å². The summed E-state index contributed by atoms with van der Waals surface area (Å²) >= 11 is 0. The zero-order valence-electron chi connectivity index (χ0n) is 10.5. The number of nitrogens with one attached hydrogen (secondary N) is 2. The van der Waals surface area contributed by atoms with Gasteiger partial charge in [0.25, 0.3) is 0 Å². The van der Waals surface area contributed by atoms with Crippen LogP contribution >= 0.6 is 0 Å². The predicted octanol–water partition coefficient (Wildman–Crippen LogP) is 1.88. The van der Waals surface area contributed by atoms with Crippen LogP contribution in [0.5, 0.6) is 0 Å². The molecule has 1 rings (SSSR count). The van der Waals surface area contributed by atoms with Crippen LogP contribution in [-0.2, 0) is 4.74 Å². The van der Waals surface area contributed by atoms with Crippen LogP contribution in [0, 0.1) is 5.82 Å². The Hall–Kier alpha value is -1.43. The van der Waals surface area contributed by atoms with Gasteiger partial charge in [0, 0.05) is 13.1 Å². The second kappa shape index (κ2) is 7.01. The Morgan fingerprint density at radius 1 is 1.41 bits per heavy atom. The molecule has 1 heterocycles. The topological polar surface area (TPSA) is 59.1 Å². The van der Waals surface area contributed by atoms with Crippen LogP contribution in [0.1, 0.15) is 20.8 Å². The SMILES string of the molecule is CCNc1ncc(F)c(NCCOC(C)C)n1. The average molecular weight is 242 g/mol. The van der Waals surface area contributed by atoms with E-state index in [4.69, 9.17) is 4.74 Å². The van der Waals surface area contributed by atoms with Crippen molar-refractivity contribution in [2.24, 2.45) is 0 Å². The minimum Gasteiger partial charge on any atom is -0.377 e. The van der Waals surface area contributed by atoms with Crippen LogP contribution in [0.4, 0.5) is 16.2 Å². The Kier molecular flexibility index (Phi) is 5.62. The maximum Gasteiger partial charge on any atom is 0.224 e. The number of hydrogen-bond acceptors (Lipinski definition) is 5. The molecule has 1 aromatic rings. The van der Waals surface area contributed by atoms with Gasteiger partial charge in [-0.3, -0.25) is 0 Å². The molecular formula is C11H19FN4O. The lowest BCUT2D eigenvalue weighted by atomic mass is 10.5. The molecule has 0 saturated heterocycles. The van der Waals surface area contributed by atoms with Crippen LogP contribution in [0.3, 0.4) is 0 Å². The fourth-order valence-electron chi connectivity index (χ4n) is 1.20. The highest BCUT2D eigenvalue weighted by molar-refractivity contribution is 5.40. The van der Waals surface area contributed by atoms with E-state index >= 15 is 0 Å². The smallest absolute Gasteiger partial charge is 0.224 e. The van der Waals surface area contributed by atoms with Gasteiger partial charge >= 0.3 is 0 Å². The van der Waals surface area contributed by atoms with Gasteiger partial charge in [-0.05, 0) is 20.8 Å². The first-order valence-electron chi connectivity index (χ1n) is 5.75. The maximum absolute atomic E-state index is 13.3. The second-order valence-corrected chi connectivity index (χ2v) is 3.77. The molecule has 17 heavy (non-hydrogen) atoms. The Bertz CT molecular complexity index is 346. The molecule has 0 fully saturated rings. The van der Waals surface area contributed by atoms with Crippen LogP contribution in [-0.4, -0.2) is 35.8 Å². The first-order chi connectivity index (χ1) is 8.13. The molecular weight excluding hydrogens is 223 g/mol. The zero-order chi connectivity index (χ0) is 12.7. The van der Waals surface area contributed by atoms with Crippen molar-refractivity contribution >= 4 is 11.8 Å². The number of hydrogen-bond donors (Lipinski definition) is 2. The van der Waals surface area contributed by atoms with E-state index in [9.17, 15) is 4.39 Å². The molecule has 96 valence electrons. The van der Waals surface area contributed by atoms with Gasteiger partial charge < -0.3 is 15.4 Å². The lowest BCUT2D eigenvalue weighted by molar-refractivity contribution is 0.0870. The Morgan fingerprint density at radius 2 is 2.18 bits per heavy atom. The molecule has 0 spiro atoms. The van der Waals surface area contributed by atoms with Crippen molar-refractivity contribution in [3.05, 3.63) is 12.0 Å². The standard InChI is InChI=1S/C11H19FN4O/c1-4-13-11-15-7-9(12)10(16-11)14-5-6-17-8(2)3/h7-8H,4-6H2,1-3H3,(H2,13,14,15,16).